The average Bonchev–Trinajstić information content (AvgIpc) is 2.57. The molecule has 0 spiro atoms. The van der Waals surface area contributed by atoms with Crippen molar-refractivity contribution in [2.45, 2.75) is 6.92 Å². The van der Waals surface area contributed by atoms with Crippen molar-refractivity contribution >= 4 is 23.3 Å². The van der Waals surface area contributed by atoms with Crippen LogP contribution in [0, 0.1) is 17.0 Å². The molecule has 2 rings (SSSR count). The van der Waals surface area contributed by atoms with Crippen LogP contribution in [0.2, 0.25) is 0 Å². The number of allylic oxidation sites excluding steroid dienone is 1. The topological polar surface area (TPSA) is 106 Å². The number of non-ortho nitro benzene ring substituents is 1. The highest BCUT2D eigenvalue weighted by Crippen LogP contribution is 2.22. The van der Waals surface area contributed by atoms with Gasteiger partial charge in [-0.15, -0.1) is 0 Å². The Kier molecular flexibility index (Phi) is 5.40. The molecule has 3 N–H and O–H groups in total. The van der Waals surface area contributed by atoms with E-state index in [1.54, 1.807) is 30.6 Å². The number of nitrogens with zero attached hydrogens (tertiary/aromatic N) is 3. The molecule has 0 saturated carbocycles. The minimum absolute atomic E-state index is 0.000553. The van der Waals surface area contributed by atoms with Gasteiger partial charge < -0.3 is 11.1 Å². The van der Waals surface area contributed by atoms with Gasteiger partial charge in [-0.2, -0.15) is 0 Å². The van der Waals surface area contributed by atoms with Crippen molar-refractivity contribution in [2.24, 2.45) is 10.7 Å². The van der Waals surface area contributed by atoms with Crippen LogP contribution in [0.1, 0.15) is 11.1 Å². The lowest BCUT2D eigenvalue weighted by atomic mass is 10.2. The van der Waals surface area contributed by atoms with E-state index in [9.17, 15) is 10.1 Å². The number of rotatable bonds is 6. The molecule has 7 heteroatoms. The van der Waals surface area contributed by atoms with Gasteiger partial charge in [0.15, 0.2) is 0 Å². The van der Waals surface area contributed by atoms with Crippen molar-refractivity contribution in [1.82, 2.24) is 4.98 Å². The van der Waals surface area contributed by atoms with Crippen LogP contribution in [0.5, 0.6) is 0 Å². The van der Waals surface area contributed by atoms with Crippen LogP contribution >= 0.6 is 0 Å². The minimum Gasteiger partial charge on any atom is -0.398 e. The zero-order valence-corrected chi connectivity index (χ0v) is 13.1. The summed E-state index contributed by atoms with van der Waals surface area (Å²) >= 11 is 0. The molecule has 0 bridgehead atoms. The number of hydrogen-bond donors (Lipinski definition) is 2. The SMILES string of the molecule is C=C(N=C/C=C(\N)c1cccnc1)Nc1cc([N+](=O)[O-])ccc1C. The number of nitrogens with two attached hydrogens (primary N) is 1. The summed E-state index contributed by atoms with van der Waals surface area (Å²) in [6.45, 7) is 5.61. The van der Waals surface area contributed by atoms with Crippen LogP contribution in [-0.4, -0.2) is 16.1 Å². The second kappa shape index (κ2) is 7.68. The van der Waals surface area contributed by atoms with E-state index in [1.807, 2.05) is 13.0 Å². The first-order valence-electron chi connectivity index (χ1n) is 7.08. The Morgan fingerprint density at radius 1 is 1.46 bits per heavy atom. The van der Waals surface area contributed by atoms with Crippen LogP contribution in [0.3, 0.4) is 0 Å². The summed E-state index contributed by atoms with van der Waals surface area (Å²) in [5, 5.41) is 13.8. The predicted octanol–water partition coefficient (Wildman–Crippen LogP) is 3.25. The first-order valence-corrected chi connectivity index (χ1v) is 7.08. The third-order valence-electron chi connectivity index (χ3n) is 3.19. The lowest BCUT2D eigenvalue weighted by Gasteiger charge is -2.08. The first kappa shape index (κ1) is 16.9. The molecule has 0 aliphatic heterocycles. The first-order chi connectivity index (χ1) is 11.5. The molecule has 1 heterocycles. The van der Waals surface area contributed by atoms with Crippen molar-refractivity contribution in [3.8, 4) is 0 Å². The van der Waals surface area contributed by atoms with E-state index in [4.69, 9.17) is 5.73 Å². The number of nitro benzene ring substituents is 1. The highest BCUT2D eigenvalue weighted by atomic mass is 16.6. The van der Waals surface area contributed by atoms with Gasteiger partial charge in [0.1, 0.15) is 5.82 Å². The Hall–Kier alpha value is -3.48. The van der Waals surface area contributed by atoms with Crippen LogP contribution in [0.15, 0.2) is 66.2 Å². The summed E-state index contributed by atoms with van der Waals surface area (Å²) < 4.78 is 0. The summed E-state index contributed by atoms with van der Waals surface area (Å²) in [6.07, 6.45) is 6.45. The number of aromatic nitrogens is 1. The van der Waals surface area contributed by atoms with Crippen molar-refractivity contribution in [3.63, 3.8) is 0 Å². The molecule has 0 saturated heterocycles. The normalized spacial score (nSPS) is 11.5. The van der Waals surface area contributed by atoms with Crippen molar-refractivity contribution < 1.29 is 4.92 Å². The molecule has 0 aliphatic carbocycles. The molecule has 7 nitrogen and oxygen atoms in total. The van der Waals surface area contributed by atoms with Gasteiger partial charge >= 0.3 is 0 Å². The second-order valence-electron chi connectivity index (χ2n) is 4.97. The number of nitrogens with one attached hydrogen (secondary N) is 1. The lowest BCUT2D eigenvalue weighted by molar-refractivity contribution is -0.384. The highest BCUT2D eigenvalue weighted by molar-refractivity contribution is 5.83. The lowest BCUT2D eigenvalue weighted by Crippen LogP contribution is -2.00. The second-order valence-corrected chi connectivity index (χ2v) is 4.97. The maximum Gasteiger partial charge on any atom is 0.271 e. The fraction of sp³-hybridized carbons (Fsp3) is 0.0588. The molecule has 0 amide bonds. The van der Waals surface area contributed by atoms with Crippen molar-refractivity contribution in [2.75, 3.05) is 5.32 Å². The summed E-state index contributed by atoms with van der Waals surface area (Å²) in [5.41, 5.74) is 8.65. The molecule has 122 valence electrons. The van der Waals surface area contributed by atoms with Gasteiger partial charge in [0.25, 0.3) is 5.69 Å². The van der Waals surface area contributed by atoms with Gasteiger partial charge in [0.2, 0.25) is 0 Å². The molecule has 0 fully saturated rings. The Morgan fingerprint density at radius 2 is 2.25 bits per heavy atom. The molecular weight excluding hydrogens is 306 g/mol. The minimum atomic E-state index is -0.450. The molecule has 24 heavy (non-hydrogen) atoms. The molecule has 0 unspecified atom stereocenters. The quantitative estimate of drug-likeness (QED) is 0.482. The zero-order valence-electron chi connectivity index (χ0n) is 13.1. The third-order valence-corrected chi connectivity index (χ3v) is 3.19. The number of aliphatic imine (C=N–C) groups is 1. The molecule has 1 aromatic carbocycles. The van der Waals surface area contributed by atoms with E-state index >= 15 is 0 Å². The Labute approximate surface area is 139 Å². The molecule has 0 radical (unpaired) electrons. The summed E-state index contributed by atoms with van der Waals surface area (Å²) in [4.78, 5) is 18.5. The third kappa shape index (κ3) is 4.51. The van der Waals surface area contributed by atoms with E-state index < -0.39 is 4.92 Å². The summed E-state index contributed by atoms with van der Waals surface area (Å²) in [6, 6.07) is 8.18. The smallest absolute Gasteiger partial charge is 0.271 e. The highest BCUT2D eigenvalue weighted by Gasteiger charge is 2.08. The van der Waals surface area contributed by atoms with E-state index in [2.05, 4.69) is 21.9 Å². The van der Waals surface area contributed by atoms with Gasteiger partial charge in [-0.25, -0.2) is 4.99 Å². The van der Waals surface area contributed by atoms with Crippen LogP contribution in [0.25, 0.3) is 5.70 Å². The van der Waals surface area contributed by atoms with Gasteiger partial charge in [0, 0.05) is 47.7 Å². The van der Waals surface area contributed by atoms with Gasteiger partial charge in [-0.3, -0.25) is 15.1 Å². The summed E-state index contributed by atoms with van der Waals surface area (Å²) in [5.74, 6) is 0.342. The number of pyridine rings is 1. The van der Waals surface area contributed by atoms with Gasteiger partial charge in [-0.05, 0) is 30.7 Å². The number of anilines is 1. The number of benzene rings is 1. The molecule has 1 aromatic heterocycles. The fourth-order valence-electron chi connectivity index (χ4n) is 1.88. The van der Waals surface area contributed by atoms with Crippen molar-refractivity contribution in [1.29, 1.82) is 0 Å². The average molecular weight is 323 g/mol. The van der Waals surface area contributed by atoms with Crippen LogP contribution < -0.4 is 11.1 Å². The maximum atomic E-state index is 10.8. The van der Waals surface area contributed by atoms with Gasteiger partial charge in [0.05, 0.1) is 4.92 Å². The molecule has 0 atom stereocenters. The number of hydrogen-bond acceptors (Lipinski definition) is 6. The Bertz CT molecular complexity index is 813. The molecule has 0 aliphatic rings. The predicted molar refractivity (Wildman–Crippen MR) is 95.5 cm³/mol. The number of nitro groups is 1. The Morgan fingerprint density at radius 3 is 2.92 bits per heavy atom. The van der Waals surface area contributed by atoms with Crippen LogP contribution in [-0.2, 0) is 0 Å². The molecular formula is C17H17N5O2. The monoisotopic (exact) mass is 323 g/mol. The number of aryl methyl sites for hydroxylation is 1. The zero-order chi connectivity index (χ0) is 17.5. The fourth-order valence-corrected chi connectivity index (χ4v) is 1.88. The van der Waals surface area contributed by atoms with E-state index in [1.165, 1.54) is 18.3 Å². The van der Waals surface area contributed by atoms with E-state index in [0.29, 0.717) is 17.2 Å². The standard InChI is InChI=1S/C17H17N5O2/c1-12-5-6-15(22(23)24)10-17(12)21-13(2)20-9-7-16(18)14-4-3-8-19-11-14/h3-11,21H,2,18H2,1H3/b16-7-,20-9?. The van der Waals surface area contributed by atoms with E-state index in [0.717, 1.165) is 11.1 Å². The largest absolute Gasteiger partial charge is 0.398 e. The maximum absolute atomic E-state index is 10.8. The summed E-state index contributed by atoms with van der Waals surface area (Å²) in [7, 11) is 0. The van der Waals surface area contributed by atoms with E-state index in [-0.39, 0.29) is 5.69 Å². The molecule has 2 aromatic rings. The van der Waals surface area contributed by atoms with Crippen molar-refractivity contribution in [3.05, 3.63) is 82.4 Å². The van der Waals surface area contributed by atoms with Gasteiger partial charge in [-0.1, -0.05) is 12.6 Å². The van der Waals surface area contributed by atoms with Crippen LogP contribution in [0.4, 0.5) is 11.4 Å². The Balaban J connectivity index is 2.06.